The number of carbonyl (C=O) groups excluding carboxylic acids is 1. The van der Waals surface area contributed by atoms with Gasteiger partial charge in [0, 0.05) is 0 Å². The summed E-state index contributed by atoms with van der Waals surface area (Å²) in [4.78, 5) is 21.4. The third kappa shape index (κ3) is 4.04. The molecule has 0 aliphatic rings. The molecule has 0 aliphatic carbocycles. The van der Waals surface area contributed by atoms with Crippen molar-refractivity contribution in [3.05, 3.63) is 30.3 Å². The van der Waals surface area contributed by atoms with Crippen LogP contribution in [-0.4, -0.2) is 39.1 Å². The Bertz CT molecular complexity index is 364. The van der Waals surface area contributed by atoms with Crippen molar-refractivity contribution in [1.82, 2.24) is 0 Å². The molecular weight excluding hydrogens is 275 g/mol. The molecular formula is C11H12O4Se. The molecule has 1 N–H and O–H groups in total. The van der Waals surface area contributed by atoms with Gasteiger partial charge in [-0.15, -0.1) is 0 Å². The molecule has 5 heteroatoms. The van der Waals surface area contributed by atoms with Gasteiger partial charge in [-0.1, -0.05) is 0 Å². The molecule has 1 rings (SSSR count). The average molecular weight is 287 g/mol. The van der Waals surface area contributed by atoms with E-state index in [4.69, 9.17) is 5.11 Å². The summed E-state index contributed by atoms with van der Waals surface area (Å²) in [5.74, 6) is -1.43. The van der Waals surface area contributed by atoms with E-state index in [-0.39, 0.29) is 21.4 Å². The molecule has 0 aliphatic heterocycles. The number of rotatable bonds is 5. The standard InChI is InChI=1S/C11H12O4Se/c1-15-11(14)9(7-10(12)13)16-8-5-3-2-4-6-8/h2-6,9H,7H2,1H3,(H,12,13). The van der Waals surface area contributed by atoms with Crippen LogP contribution in [0.5, 0.6) is 0 Å². The fourth-order valence-electron chi connectivity index (χ4n) is 1.13. The second-order valence-electron chi connectivity index (χ2n) is 3.04. The Labute approximate surface area is 99.8 Å². The number of benzene rings is 1. The van der Waals surface area contributed by atoms with E-state index in [1.54, 1.807) is 0 Å². The second-order valence-corrected chi connectivity index (χ2v) is 5.72. The number of carboxylic acids is 1. The number of carbonyl (C=O) groups is 2. The van der Waals surface area contributed by atoms with Gasteiger partial charge in [-0.25, -0.2) is 0 Å². The third-order valence-electron chi connectivity index (χ3n) is 1.85. The van der Waals surface area contributed by atoms with E-state index in [2.05, 4.69) is 4.74 Å². The molecule has 4 nitrogen and oxygen atoms in total. The molecule has 0 saturated carbocycles. The van der Waals surface area contributed by atoms with E-state index in [0.717, 1.165) is 4.46 Å². The second kappa shape index (κ2) is 6.30. The van der Waals surface area contributed by atoms with Gasteiger partial charge in [0.25, 0.3) is 0 Å². The van der Waals surface area contributed by atoms with Crippen LogP contribution in [-0.2, 0) is 14.3 Å². The predicted octanol–water partition coefficient (Wildman–Crippen LogP) is 0.452. The Morgan fingerprint density at radius 2 is 2.00 bits per heavy atom. The number of aliphatic carboxylic acids is 1. The van der Waals surface area contributed by atoms with Gasteiger partial charge in [0.15, 0.2) is 0 Å². The molecule has 1 aromatic rings. The maximum absolute atomic E-state index is 11.4. The number of carboxylic acid groups (broad SMARTS) is 1. The van der Waals surface area contributed by atoms with Crippen LogP contribution in [0.1, 0.15) is 6.42 Å². The van der Waals surface area contributed by atoms with E-state index in [1.807, 2.05) is 30.3 Å². The summed E-state index contributed by atoms with van der Waals surface area (Å²) in [6, 6.07) is 9.39. The van der Waals surface area contributed by atoms with Crippen molar-refractivity contribution in [2.24, 2.45) is 0 Å². The number of ether oxygens (including phenoxy) is 1. The van der Waals surface area contributed by atoms with Gasteiger partial charge in [-0.05, 0) is 0 Å². The summed E-state index contributed by atoms with van der Waals surface area (Å²) in [5, 5.41) is 8.71. The zero-order valence-electron chi connectivity index (χ0n) is 8.75. The van der Waals surface area contributed by atoms with Gasteiger partial charge in [0.05, 0.1) is 0 Å². The molecule has 0 bridgehead atoms. The van der Waals surface area contributed by atoms with Gasteiger partial charge in [-0.3, -0.25) is 0 Å². The van der Waals surface area contributed by atoms with Crippen molar-refractivity contribution < 1.29 is 19.4 Å². The van der Waals surface area contributed by atoms with Crippen molar-refractivity contribution in [2.45, 2.75) is 11.2 Å². The molecule has 0 saturated heterocycles. The minimum absolute atomic E-state index is 0.179. The third-order valence-corrected chi connectivity index (χ3v) is 4.34. The van der Waals surface area contributed by atoms with Crippen LogP contribution in [0.15, 0.2) is 30.3 Å². The molecule has 0 heterocycles. The number of hydrogen-bond donors (Lipinski definition) is 1. The normalized spacial score (nSPS) is 11.8. The predicted molar refractivity (Wildman–Crippen MR) is 59.8 cm³/mol. The number of hydrogen-bond acceptors (Lipinski definition) is 3. The summed E-state index contributed by atoms with van der Waals surface area (Å²) < 4.78 is 5.59. The number of methoxy groups -OCH3 is 1. The molecule has 16 heavy (non-hydrogen) atoms. The molecule has 86 valence electrons. The van der Waals surface area contributed by atoms with Crippen LogP contribution in [0.2, 0.25) is 4.82 Å². The summed E-state index contributed by atoms with van der Waals surface area (Å²) in [6.45, 7) is 0. The SMILES string of the molecule is COC(=O)C(CC(=O)O)[Se]c1ccccc1. The fraction of sp³-hybridized carbons (Fsp3) is 0.273. The molecule has 1 atom stereocenters. The van der Waals surface area contributed by atoms with Crippen LogP contribution < -0.4 is 4.46 Å². The van der Waals surface area contributed by atoms with Crippen molar-refractivity contribution >= 4 is 31.4 Å². The molecule has 0 radical (unpaired) electrons. The molecule has 0 fully saturated rings. The van der Waals surface area contributed by atoms with Crippen LogP contribution in [0, 0.1) is 0 Å². The topological polar surface area (TPSA) is 63.6 Å². The van der Waals surface area contributed by atoms with Gasteiger partial charge < -0.3 is 0 Å². The summed E-state index contributed by atoms with van der Waals surface area (Å²) in [7, 11) is 1.28. The van der Waals surface area contributed by atoms with E-state index < -0.39 is 16.8 Å². The Kier molecular flexibility index (Phi) is 5.02. The Balaban J connectivity index is 2.70. The molecule has 0 spiro atoms. The van der Waals surface area contributed by atoms with Crippen LogP contribution in [0.25, 0.3) is 0 Å². The van der Waals surface area contributed by atoms with Crippen LogP contribution in [0.3, 0.4) is 0 Å². The minimum atomic E-state index is -0.979. The van der Waals surface area contributed by atoms with Crippen molar-refractivity contribution in [3.63, 3.8) is 0 Å². The van der Waals surface area contributed by atoms with Gasteiger partial charge >= 0.3 is 99.5 Å². The quantitative estimate of drug-likeness (QED) is 0.631. The van der Waals surface area contributed by atoms with Crippen molar-refractivity contribution in [1.29, 1.82) is 0 Å². The van der Waals surface area contributed by atoms with Gasteiger partial charge in [0.1, 0.15) is 0 Å². The van der Waals surface area contributed by atoms with Crippen molar-refractivity contribution in [3.8, 4) is 0 Å². The molecule has 0 amide bonds. The average Bonchev–Trinajstić information content (AvgIpc) is 2.28. The first kappa shape index (κ1) is 12.7. The first-order valence-electron chi connectivity index (χ1n) is 4.65. The van der Waals surface area contributed by atoms with E-state index in [9.17, 15) is 9.59 Å². The summed E-state index contributed by atoms with van der Waals surface area (Å²) >= 11 is -0.216. The molecule has 0 aromatic heterocycles. The first-order valence-corrected chi connectivity index (χ1v) is 6.49. The molecule has 1 unspecified atom stereocenters. The van der Waals surface area contributed by atoms with E-state index in [1.165, 1.54) is 7.11 Å². The van der Waals surface area contributed by atoms with Crippen LogP contribution in [0.4, 0.5) is 0 Å². The number of esters is 1. The summed E-state index contributed by atoms with van der Waals surface area (Å²) in [6.07, 6.45) is -0.179. The van der Waals surface area contributed by atoms with Gasteiger partial charge in [0.2, 0.25) is 0 Å². The first-order chi connectivity index (χ1) is 7.63. The Hall–Kier alpha value is -1.32. The van der Waals surface area contributed by atoms with Crippen molar-refractivity contribution in [2.75, 3.05) is 7.11 Å². The maximum atomic E-state index is 11.4. The Morgan fingerprint density at radius 3 is 2.50 bits per heavy atom. The van der Waals surface area contributed by atoms with E-state index >= 15 is 0 Å². The monoisotopic (exact) mass is 288 g/mol. The zero-order chi connectivity index (χ0) is 12.0. The Morgan fingerprint density at radius 1 is 1.38 bits per heavy atom. The van der Waals surface area contributed by atoms with Crippen LogP contribution >= 0.6 is 0 Å². The van der Waals surface area contributed by atoms with Gasteiger partial charge in [-0.2, -0.15) is 0 Å². The zero-order valence-corrected chi connectivity index (χ0v) is 10.5. The summed E-state index contributed by atoms with van der Waals surface area (Å²) in [5.41, 5.74) is 0. The van der Waals surface area contributed by atoms with E-state index in [0.29, 0.717) is 0 Å². The fourth-order valence-corrected chi connectivity index (χ4v) is 3.35. The molecule has 1 aromatic carbocycles.